The Labute approximate surface area is 133 Å². The normalized spacial score (nSPS) is 15.9. The quantitative estimate of drug-likeness (QED) is 0.832. The van der Waals surface area contributed by atoms with Gasteiger partial charge in [0.25, 0.3) is 5.89 Å². The van der Waals surface area contributed by atoms with Gasteiger partial charge in [-0.2, -0.15) is 13.8 Å². The van der Waals surface area contributed by atoms with Crippen LogP contribution >= 0.6 is 0 Å². The number of carbonyl (C=O) groups is 1. The molecule has 0 bridgehead atoms. The van der Waals surface area contributed by atoms with Gasteiger partial charge in [-0.1, -0.05) is 5.16 Å². The smallest absolute Gasteiger partial charge is 0.320 e. The molecule has 2 N–H and O–H groups in total. The fourth-order valence-electron chi connectivity index (χ4n) is 2.41. The zero-order valence-electron chi connectivity index (χ0n) is 12.2. The van der Waals surface area contributed by atoms with E-state index in [1.807, 2.05) is 0 Å². The Kier molecular flexibility index (Phi) is 4.12. The Morgan fingerprint density at radius 3 is 2.54 bits per heavy atom. The standard InChI is InChI=1S/C14H12F4N4O2/c15-8-3-2-7(6-9(8)16)19-13(23)21-14(4-1-5-14)12-20-11(10(17)18)24-22-12/h2-3,6,10H,1,4-5H2,(H2,19,21,23). The molecule has 0 aliphatic heterocycles. The molecule has 0 radical (unpaired) electrons. The van der Waals surface area contributed by atoms with Crippen molar-refractivity contribution in [2.75, 3.05) is 5.32 Å². The second-order valence-corrected chi connectivity index (χ2v) is 5.40. The van der Waals surface area contributed by atoms with E-state index in [1.54, 1.807) is 0 Å². The van der Waals surface area contributed by atoms with Crippen LogP contribution in [0, 0.1) is 11.6 Å². The summed E-state index contributed by atoms with van der Waals surface area (Å²) in [6.07, 6.45) is -1.27. The first-order chi connectivity index (χ1) is 11.4. The van der Waals surface area contributed by atoms with Crippen molar-refractivity contribution in [3.63, 3.8) is 0 Å². The van der Waals surface area contributed by atoms with E-state index in [4.69, 9.17) is 0 Å². The minimum Gasteiger partial charge on any atom is -0.333 e. The third-order valence-corrected chi connectivity index (χ3v) is 3.79. The maximum absolute atomic E-state index is 13.1. The van der Waals surface area contributed by atoms with E-state index in [2.05, 4.69) is 25.3 Å². The molecule has 1 saturated carbocycles. The molecule has 0 saturated heterocycles. The lowest BCUT2D eigenvalue weighted by Crippen LogP contribution is -2.52. The van der Waals surface area contributed by atoms with E-state index >= 15 is 0 Å². The molecule has 24 heavy (non-hydrogen) atoms. The van der Waals surface area contributed by atoms with Crippen molar-refractivity contribution in [2.45, 2.75) is 31.2 Å². The lowest BCUT2D eigenvalue weighted by atomic mass is 9.76. The highest BCUT2D eigenvalue weighted by Crippen LogP contribution is 2.40. The number of halogens is 4. The summed E-state index contributed by atoms with van der Waals surface area (Å²) in [4.78, 5) is 15.7. The van der Waals surface area contributed by atoms with E-state index in [1.165, 1.54) is 6.07 Å². The number of anilines is 1. The number of alkyl halides is 2. The fourth-order valence-corrected chi connectivity index (χ4v) is 2.41. The van der Waals surface area contributed by atoms with Gasteiger partial charge in [0, 0.05) is 11.8 Å². The second kappa shape index (κ2) is 6.10. The predicted molar refractivity (Wildman–Crippen MR) is 73.3 cm³/mol. The van der Waals surface area contributed by atoms with Gasteiger partial charge in [0.1, 0.15) is 5.54 Å². The minimum atomic E-state index is -2.90. The number of hydrogen-bond acceptors (Lipinski definition) is 4. The number of hydrogen-bond donors (Lipinski definition) is 2. The first-order valence-corrected chi connectivity index (χ1v) is 7.06. The van der Waals surface area contributed by atoms with E-state index < -0.39 is 35.5 Å². The van der Waals surface area contributed by atoms with Crippen molar-refractivity contribution in [1.29, 1.82) is 0 Å². The van der Waals surface area contributed by atoms with Crippen LogP contribution in [0.3, 0.4) is 0 Å². The largest absolute Gasteiger partial charge is 0.333 e. The molecule has 2 aromatic rings. The zero-order chi connectivity index (χ0) is 17.3. The van der Waals surface area contributed by atoms with E-state index in [0.717, 1.165) is 18.6 Å². The molecule has 6 nitrogen and oxygen atoms in total. The molecular weight excluding hydrogens is 332 g/mol. The molecule has 0 spiro atoms. The van der Waals surface area contributed by atoms with Gasteiger partial charge in [0.2, 0.25) is 0 Å². The van der Waals surface area contributed by atoms with Crippen molar-refractivity contribution < 1.29 is 26.9 Å². The number of benzene rings is 1. The Morgan fingerprint density at radius 1 is 1.25 bits per heavy atom. The van der Waals surface area contributed by atoms with Crippen LogP contribution in [-0.2, 0) is 5.54 Å². The maximum Gasteiger partial charge on any atom is 0.320 e. The first kappa shape index (κ1) is 16.2. The van der Waals surface area contributed by atoms with Crippen molar-refractivity contribution in [2.24, 2.45) is 0 Å². The fraction of sp³-hybridized carbons (Fsp3) is 0.357. The molecule has 1 aromatic carbocycles. The van der Waals surface area contributed by atoms with Crippen molar-refractivity contribution in [1.82, 2.24) is 15.5 Å². The number of urea groups is 1. The minimum absolute atomic E-state index is 0.0375. The van der Waals surface area contributed by atoms with Crippen LogP contribution in [0.4, 0.5) is 28.0 Å². The summed E-state index contributed by atoms with van der Waals surface area (Å²) < 4.78 is 55.6. The van der Waals surface area contributed by atoms with Crippen LogP contribution in [-0.4, -0.2) is 16.2 Å². The average Bonchev–Trinajstić information content (AvgIpc) is 2.97. The van der Waals surface area contributed by atoms with Gasteiger partial charge in [0.15, 0.2) is 17.5 Å². The highest BCUT2D eigenvalue weighted by Gasteiger charge is 2.44. The van der Waals surface area contributed by atoms with Crippen LogP contribution in [0.2, 0.25) is 0 Å². The Hall–Kier alpha value is -2.65. The molecule has 0 atom stereocenters. The Balaban J connectivity index is 1.72. The summed E-state index contributed by atoms with van der Waals surface area (Å²) in [5, 5.41) is 8.43. The monoisotopic (exact) mass is 344 g/mol. The molecule has 1 aromatic heterocycles. The number of nitrogens with zero attached hydrogens (tertiary/aromatic N) is 2. The average molecular weight is 344 g/mol. The van der Waals surface area contributed by atoms with Gasteiger partial charge >= 0.3 is 12.5 Å². The first-order valence-electron chi connectivity index (χ1n) is 7.06. The van der Waals surface area contributed by atoms with Crippen molar-refractivity contribution >= 4 is 11.7 Å². The summed E-state index contributed by atoms with van der Waals surface area (Å²) in [5.41, 5.74) is -0.971. The van der Waals surface area contributed by atoms with Gasteiger partial charge in [-0.25, -0.2) is 13.6 Å². The number of amides is 2. The molecule has 0 unspecified atom stereocenters. The summed E-state index contributed by atoms with van der Waals surface area (Å²) in [6.45, 7) is 0. The number of aromatic nitrogens is 2. The maximum atomic E-state index is 13.1. The SMILES string of the molecule is O=C(Nc1ccc(F)c(F)c1)NC1(c2noc(C(F)F)n2)CCC1. The van der Waals surface area contributed by atoms with Crippen LogP contribution < -0.4 is 10.6 Å². The van der Waals surface area contributed by atoms with Gasteiger partial charge in [-0.05, 0) is 31.4 Å². The van der Waals surface area contributed by atoms with E-state index in [-0.39, 0.29) is 11.5 Å². The highest BCUT2D eigenvalue weighted by molar-refractivity contribution is 5.89. The number of nitrogens with one attached hydrogen (secondary N) is 2. The second-order valence-electron chi connectivity index (χ2n) is 5.40. The molecule has 3 rings (SSSR count). The van der Waals surface area contributed by atoms with Crippen molar-refractivity contribution in [3.05, 3.63) is 41.5 Å². The number of rotatable bonds is 4. The van der Waals surface area contributed by atoms with Gasteiger partial charge in [-0.15, -0.1) is 0 Å². The van der Waals surface area contributed by atoms with Gasteiger partial charge in [-0.3, -0.25) is 0 Å². The van der Waals surface area contributed by atoms with Gasteiger partial charge in [0.05, 0.1) is 0 Å². The summed E-state index contributed by atoms with van der Waals surface area (Å²) in [7, 11) is 0. The predicted octanol–water partition coefficient (Wildman–Crippen LogP) is 3.49. The Morgan fingerprint density at radius 2 is 2.00 bits per heavy atom. The Bertz CT molecular complexity index is 761. The molecule has 1 fully saturated rings. The molecule has 10 heteroatoms. The topological polar surface area (TPSA) is 80.0 Å². The lowest BCUT2D eigenvalue weighted by molar-refractivity contribution is 0.106. The van der Waals surface area contributed by atoms with Crippen LogP contribution in [0.5, 0.6) is 0 Å². The van der Waals surface area contributed by atoms with Gasteiger partial charge < -0.3 is 15.2 Å². The van der Waals surface area contributed by atoms with E-state index in [0.29, 0.717) is 12.8 Å². The zero-order valence-corrected chi connectivity index (χ0v) is 12.2. The molecule has 128 valence electrons. The molecule has 1 aliphatic carbocycles. The number of carbonyl (C=O) groups excluding carboxylic acids is 1. The molecular formula is C14H12F4N4O2. The van der Waals surface area contributed by atoms with Crippen molar-refractivity contribution in [3.8, 4) is 0 Å². The van der Waals surface area contributed by atoms with Crippen LogP contribution in [0.15, 0.2) is 22.7 Å². The van der Waals surface area contributed by atoms with Crippen LogP contribution in [0.1, 0.15) is 37.4 Å². The summed E-state index contributed by atoms with van der Waals surface area (Å²) in [6, 6.07) is 2.17. The molecule has 2 amide bonds. The lowest BCUT2D eigenvalue weighted by Gasteiger charge is -2.39. The molecule has 1 aliphatic rings. The third kappa shape index (κ3) is 3.03. The highest BCUT2D eigenvalue weighted by atomic mass is 19.3. The van der Waals surface area contributed by atoms with Crippen LogP contribution in [0.25, 0.3) is 0 Å². The summed E-state index contributed by atoms with van der Waals surface area (Å²) >= 11 is 0. The van der Waals surface area contributed by atoms with E-state index in [9.17, 15) is 22.4 Å². The summed E-state index contributed by atoms with van der Waals surface area (Å²) in [5.74, 6) is -3.00. The molecule has 1 heterocycles. The third-order valence-electron chi connectivity index (χ3n) is 3.79.